The first-order chi connectivity index (χ1) is 16.2. The minimum atomic E-state index is -0.0189. The van der Waals surface area contributed by atoms with Gasteiger partial charge < -0.3 is 14.6 Å². The molecule has 0 saturated carbocycles. The number of benzene rings is 3. The molecule has 0 spiro atoms. The molecule has 3 heterocycles. The van der Waals surface area contributed by atoms with Crippen LogP contribution in [0.2, 0.25) is 0 Å². The Bertz CT molecular complexity index is 1370. The molecule has 1 N–H and O–H groups in total. The SMILES string of the molecule is O=C(Nc1ccc(-c2nc3ccccc3s2)cc1)C1CCN(c2nc3ccccc3o2)CC1. The summed E-state index contributed by atoms with van der Waals surface area (Å²) in [6.45, 7) is 1.50. The minimum Gasteiger partial charge on any atom is -0.423 e. The van der Waals surface area contributed by atoms with Crippen molar-refractivity contribution in [2.24, 2.45) is 5.92 Å². The maximum absolute atomic E-state index is 12.8. The number of anilines is 2. The number of thiazole rings is 1. The number of amides is 1. The van der Waals surface area contributed by atoms with Crippen molar-refractivity contribution < 1.29 is 9.21 Å². The highest BCUT2D eigenvalue weighted by Gasteiger charge is 2.27. The molecule has 1 amide bonds. The van der Waals surface area contributed by atoms with Crippen molar-refractivity contribution in [3.8, 4) is 10.6 Å². The number of carbonyl (C=O) groups is 1. The second-order valence-corrected chi connectivity index (χ2v) is 9.31. The van der Waals surface area contributed by atoms with Gasteiger partial charge in [-0.3, -0.25) is 4.79 Å². The van der Waals surface area contributed by atoms with E-state index in [1.807, 2.05) is 66.7 Å². The van der Waals surface area contributed by atoms with Crippen LogP contribution in [-0.2, 0) is 4.79 Å². The molecule has 3 aromatic carbocycles. The zero-order chi connectivity index (χ0) is 22.2. The number of rotatable bonds is 4. The molecule has 0 aliphatic carbocycles. The van der Waals surface area contributed by atoms with Gasteiger partial charge in [-0.05, 0) is 61.4 Å². The van der Waals surface area contributed by atoms with Gasteiger partial charge in [-0.15, -0.1) is 11.3 Å². The summed E-state index contributed by atoms with van der Waals surface area (Å²) in [4.78, 5) is 24.2. The number of hydrogen-bond acceptors (Lipinski definition) is 6. The fourth-order valence-electron chi connectivity index (χ4n) is 4.26. The Hall–Kier alpha value is -3.71. The van der Waals surface area contributed by atoms with Crippen molar-refractivity contribution in [2.75, 3.05) is 23.3 Å². The Morgan fingerprint density at radius 2 is 1.64 bits per heavy atom. The first kappa shape index (κ1) is 19.9. The van der Waals surface area contributed by atoms with Gasteiger partial charge in [-0.25, -0.2) is 4.98 Å². The van der Waals surface area contributed by atoms with Crippen LogP contribution < -0.4 is 10.2 Å². The van der Waals surface area contributed by atoms with Crippen molar-refractivity contribution in [1.82, 2.24) is 9.97 Å². The third-order valence-corrected chi connectivity index (χ3v) is 7.20. The lowest BCUT2D eigenvalue weighted by Gasteiger charge is -2.30. The third-order valence-electron chi connectivity index (χ3n) is 6.11. The van der Waals surface area contributed by atoms with E-state index in [9.17, 15) is 4.79 Å². The molecule has 2 aromatic heterocycles. The number of aromatic nitrogens is 2. The lowest BCUT2D eigenvalue weighted by Crippen LogP contribution is -2.38. The maximum Gasteiger partial charge on any atom is 0.298 e. The van der Waals surface area contributed by atoms with E-state index in [4.69, 9.17) is 9.40 Å². The molecule has 1 fully saturated rings. The molecule has 5 aromatic rings. The van der Waals surface area contributed by atoms with E-state index in [-0.39, 0.29) is 11.8 Å². The van der Waals surface area contributed by atoms with Crippen LogP contribution in [-0.4, -0.2) is 29.0 Å². The molecular formula is C26H22N4O2S. The van der Waals surface area contributed by atoms with Crippen LogP contribution in [0.1, 0.15) is 12.8 Å². The summed E-state index contributed by atoms with van der Waals surface area (Å²) in [5.74, 6) is 0.0505. The molecule has 7 heteroatoms. The number of carbonyl (C=O) groups excluding carboxylic acids is 1. The van der Waals surface area contributed by atoms with Crippen LogP contribution in [0.15, 0.2) is 77.2 Å². The van der Waals surface area contributed by atoms with E-state index in [0.717, 1.165) is 58.8 Å². The fourth-order valence-corrected chi connectivity index (χ4v) is 5.24. The molecule has 1 aliphatic heterocycles. The Morgan fingerprint density at radius 3 is 2.39 bits per heavy atom. The van der Waals surface area contributed by atoms with Crippen LogP contribution in [0.5, 0.6) is 0 Å². The number of fused-ring (bicyclic) bond motifs is 2. The number of oxazole rings is 1. The third kappa shape index (κ3) is 3.96. The maximum atomic E-state index is 12.8. The summed E-state index contributed by atoms with van der Waals surface area (Å²) in [7, 11) is 0. The summed E-state index contributed by atoms with van der Waals surface area (Å²) in [6.07, 6.45) is 1.54. The summed E-state index contributed by atoms with van der Waals surface area (Å²) in [6, 6.07) is 24.5. The highest BCUT2D eigenvalue weighted by atomic mass is 32.1. The summed E-state index contributed by atoms with van der Waals surface area (Å²) in [5, 5.41) is 4.07. The molecule has 1 aliphatic rings. The van der Waals surface area contributed by atoms with Crippen molar-refractivity contribution in [1.29, 1.82) is 0 Å². The minimum absolute atomic E-state index is 0.0189. The molecule has 0 bridgehead atoms. The first-order valence-corrected chi connectivity index (χ1v) is 11.9. The molecule has 33 heavy (non-hydrogen) atoms. The highest BCUT2D eigenvalue weighted by Crippen LogP contribution is 2.31. The predicted octanol–water partition coefficient (Wildman–Crippen LogP) is 5.96. The topological polar surface area (TPSA) is 71.3 Å². The Labute approximate surface area is 194 Å². The highest BCUT2D eigenvalue weighted by molar-refractivity contribution is 7.21. The van der Waals surface area contributed by atoms with Gasteiger partial charge in [0.2, 0.25) is 5.91 Å². The Kier molecular flexibility index (Phi) is 5.03. The van der Waals surface area contributed by atoms with E-state index in [1.54, 1.807) is 11.3 Å². The van der Waals surface area contributed by atoms with Gasteiger partial charge in [-0.2, -0.15) is 4.98 Å². The number of para-hydroxylation sites is 3. The number of nitrogens with one attached hydrogen (secondary N) is 1. The Morgan fingerprint density at radius 1 is 0.909 bits per heavy atom. The zero-order valence-corrected chi connectivity index (χ0v) is 18.7. The van der Waals surface area contributed by atoms with Crippen LogP contribution in [0, 0.1) is 5.92 Å². The van der Waals surface area contributed by atoms with Gasteiger partial charge in [0, 0.05) is 30.3 Å². The average molecular weight is 455 g/mol. The molecule has 0 unspecified atom stereocenters. The van der Waals surface area contributed by atoms with Gasteiger partial charge in [-0.1, -0.05) is 24.3 Å². The van der Waals surface area contributed by atoms with E-state index in [1.165, 1.54) is 4.70 Å². The zero-order valence-electron chi connectivity index (χ0n) is 17.9. The van der Waals surface area contributed by atoms with Crippen molar-refractivity contribution in [3.63, 3.8) is 0 Å². The molecule has 6 rings (SSSR count). The lowest BCUT2D eigenvalue weighted by molar-refractivity contribution is -0.120. The smallest absolute Gasteiger partial charge is 0.298 e. The van der Waals surface area contributed by atoms with Gasteiger partial charge in [0.05, 0.1) is 10.2 Å². The van der Waals surface area contributed by atoms with Crippen molar-refractivity contribution >= 4 is 50.3 Å². The molecule has 0 radical (unpaired) electrons. The molecule has 0 atom stereocenters. The summed E-state index contributed by atoms with van der Waals surface area (Å²) in [5.41, 5.74) is 4.54. The van der Waals surface area contributed by atoms with E-state index < -0.39 is 0 Å². The molecule has 6 nitrogen and oxygen atoms in total. The normalized spacial score (nSPS) is 14.7. The number of hydrogen-bond donors (Lipinski definition) is 1. The van der Waals surface area contributed by atoms with Gasteiger partial charge in [0.25, 0.3) is 6.01 Å². The van der Waals surface area contributed by atoms with Crippen LogP contribution in [0.3, 0.4) is 0 Å². The standard InChI is InChI=1S/C26H22N4O2S/c31-24(17-13-15-30(16-14-17)26-29-20-5-1-3-7-22(20)32-26)27-19-11-9-18(10-12-19)25-28-21-6-2-4-8-23(21)33-25/h1-12,17H,13-16H2,(H,27,31). The quantitative estimate of drug-likeness (QED) is 0.363. The second-order valence-electron chi connectivity index (χ2n) is 8.28. The molecule has 164 valence electrons. The van der Waals surface area contributed by atoms with E-state index in [0.29, 0.717) is 6.01 Å². The van der Waals surface area contributed by atoms with Crippen LogP contribution >= 0.6 is 11.3 Å². The number of nitrogens with zero attached hydrogens (tertiary/aromatic N) is 3. The summed E-state index contributed by atoms with van der Waals surface area (Å²) >= 11 is 1.68. The van der Waals surface area contributed by atoms with Gasteiger partial charge in [0.15, 0.2) is 5.58 Å². The van der Waals surface area contributed by atoms with Gasteiger partial charge in [0.1, 0.15) is 10.5 Å². The van der Waals surface area contributed by atoms with Crippen LogP contribution in [0.25, 0.3) is 31.9 Å². The number of piperidine rings is 1. The van der Waals surface area contributed by atoms with Crippen molar-refractivity contribution in [3.05, 3.63) is 72.8 Å². The second kappa shape index (κ2) is 8.33. The Balaban J connectivity index is 1.08. The van der Waals surface area contributed by atoms with Crippen LogP contribution in [0.4, 0.5) is 11.7 Å². The monoisotopic (exact) mass is 454 g/mol. The van der Waals surface area contributed by atoms with E-state index in [2.05, 4.69) is 21.3 Å². The summed E-state index contributed by atoms with van der Waals surface area (Å²) < 4.78 is 7.05. The van der Waals surface area contributed by atoms with Gasteiger partial charge >= 0.3 is 0 Å². The van der Waals surface area contributed by atoms with E-state index >= 15 is 0 Å². The van der Waals surface area contributed by atoms with Crippen molar-refractivity contribution in [2.45, 2.75) is 12.8 Å². The predicted molar refractivity (Wildman–Crippen MR) is 133 cm³/mol. The molecule has 1 saturated heterocycles. The largest absolute Gasteiger partial charge is 0.423 e. The first-order valence-electron chi connectivity index (χ1n) is 11.1. The fraction of sp³-hybridized carbons (Fsp3) is 0.192. The molecular weight excluding hydrogens is 432 g/mol. The lowest BCUT2D eigenvalue weighted by atomic mass is 9.96. The average Bonchev–Trinajstić information content (AvgIpc) is 3.49.